The summed E-state index contributed by atoms with van der Waals surface area (Å²) in [4.78, 5) is 19.5. The number of carbonyl (C=O) groups is 1. The molecule has 0 N–H and O–H groups in total. The monoisotopic (exact) mass is 480 g/mol. The zero-order valence-corrected chi connectivity index (χ0v) is 19.4. The van der Waals surface area contributed by atoms with E-state index in [0.29, 0.717) is 28.0 Å². The van der Waals surface area contributed by atoms with E-state index in [-0.39, 0.29) is 5.91 Å². The average Bonchev–Trinajstić information content (AvgIpc) is 3.30. The zero-order chi connectivity index (χ0) is 22.2. The Balaban J connectivity index is 1.51. The van der Waals surface area contributed by atoms with Crippen molar-refractivity contribution in [3.63, 3.8) is 0 Å². The van der Waals surface area contributed by atoms with Crippen LogP contribution in [0.5, 0.6) is 5.75 Å². The summed E-state index contributed by atoms with van der Waals surface area (Å²) in [5.41, 5.74) is 4.46. The van der Waals surface area contributed by atoms with Crippen molar-refractivity contribution < 1.29 is 9.53 Å². The van der Waals surface area contributed by atoms with E-state index in [4.69, 9.17) is 32.9 Å². The molecule has 1 aliphatic heterocycles. The molecule has 7 heteroatoms. The molecule has 0 aliphatic carbocycles. The second kappa shape index (κ2) is 8.58. The SMILES string of the molecule is CC1Oc2ccc(-c3csc(-c4ccccc4)n3)cc2N(Cc2ccc(Cl)c(Cl)c2)C1=O. The maximum Gasteiger partial charge on any atom is 0.268 e. The van der Waals surface area contributed by atoms with Crippen LogP contribution in [0, 0.1) is 0 Å². The Morgan fingerprint density at radius 3 is 2.59 bits per heavy atom. The Morgan fingerprint density at radius 2 is 1.81 bits per heavy atom. The smallest absolute Gasteiger partial charge is 0.268 e. The van der Waals surface area contributed by atoms with Gasteiger partial charge >= 0.3 is 0 Å². The van der Waals surface area contributed by atoms with Gasteiger partial charge in [-0.2, -0.15) is 0 Å². The van der Waals surface area contributed by atoms with Gasteiger partial charge in [0.2, 0.25) is 0 Å². The van der Waals surface area contributed by atoms with E-state index in [9.17, 15) is 4.79 Å². The highest BCUT2D eigenvalue weighted by molar-refractivity contribution is 7.13. The van der Waals surface area contributed by atoms with Crippen molar-refractivity contribution in [1.29, 1.82) is 0 Å². The number of fused-ring (bicyclic) bond motifs is 1. The highest BCUT2D eigenvalue weighted by Gasteiger charge is 2.32. The Kier molecular flexibility index (Phi) is 5.64. The second-order valence-electron chi connectivity index (χ2n) is 7.52. The molecule has 1 atom stereocenters. The van der Waals surface area contributed by atoms with Crippen LogP contribution in [0.15, 0.2) is 72.1 Å². The lowest BCUT2D eigenvalue weighted by molar-refractivity contribution is -0.125. The van der Waals surface area contributed by atoms with Crippen LogP contribution in [-0.4, -0.2) is 17.0 Å². The number of thiazole rings is 1. The number of ether oxygens (including phenoxy) is 1. The quantitative estimate of drug-likeness (QED) is 0.312. The molecule has 5 rings (SSSR count). The average molecular weight is 481 g/mol. The van der Waals surface area contributed by atoms with Crippen molar-refractivity contribution in [2.75, 3.05) is 4.90 Å². The molecule has 4 nitrogen and oxygen atoms in total. The Bertz CT molecular complexity index is 1310. The Hall–Kier alpha value is -2.86. The van der Waals surface area contributed by atoms with Gasteiger partial charge in [-0.25, -0.2) is 4.98 Å². The van der Waals surface area contributed by atoms with Crippen LogP contribution >= 0.6 is 34.5 Å². The maximum absolute atomic E-state index is 13.0. The van der Waals surface area contributed by atoms with Crippen LogP contribution in [0.2, 0.25) is 10.0 Å². The van der Waals surface area contributed by atoms with Gasteiger partial charge in [0.15, 0.2) is 6.10 Å². The van der Waals surface area contributed by atoms with Gasteiger partial charge in [-0.1, -0.05) is 59.6 Å². The molecule has 32 heavy (non-hydrogen) atoms. The first-order valence-electron chi connectivity index (χ1n) is 10.1. The van der Waals surface area contributed by atoms with Crippen LogP contribution in [0.3, 0.4) is 0 Å². The minimum absolute atomic E-state index is 0.107. The second-order valence-corrected chi connectivity index (χ2v) is 9.19. The number of carbonyl (C=O) groups excluding carboxylic acids is 1. The van der Waals surface area contributed by atoms with Crippen molar-refractivity contribution in [3.8, 4) is 27.6 Å². The van der Waals surface area contributed by atoms with E-state index in [1.165, 1.54) is 0 Å². The summed E-state index contributed by atoms with van der Waals surface area (Å²) in [7, 11) is 0. The molecule has 0 fully saturated rings. The number of nitrogens with zero attached hydrogens (tertiary/aromatic N) is 2. The minimum atomic E-state index is -0.569. The van der Waals surface area contributed by atoms with Gasteiger partial charge in [0.25, 0.3) is 5.91 Å². The highest BCUT2D eigenvalue weighted by atomic mass is 35.5. The lowest BCUT2D eigenvalue weighted by atomic mass is 10.1. The lowest BCUT2D eigenvalue weighted by Crippen LogP contribution is -2.44. The fourth-order valence-electron chi connectivity index (χ4n) is 3.67. The molecule has 0 radical (unpaired) electrons. The van der Waals surface area contributed by atoms with Gasteiger partial charge in [0.1, 0.15) is 10.8 Å². The zero-order valence-electron chi connectivity index (χ0n) is 17.1. The number of anilines is 1. The van der Waals surface area contributed by atoms with Crippen LogP contribution in [0.1, 0.15) is 12.5 Å². The molecule has 1 aliphatic rings. The molecule has 0 saturated heterocycles. The molecule has 1 unspecified atom stereocenters. The van der Waals surface area contributed by atoms with Crippen LogP contribution in [0.4, 0.5) is 5.69 Å². The largest absolute Gasteiger partial charge is 0.479 e. The number of hydrogen-bond acceptors (Lipinski definition) is 4. The molecule has 0 spiro atoms. The van der Waals surface area contributed by atoms with Crippen molar-refractivity contribution in [2.24, 2.45) is 0 Å². The predicted octanol–water partition coefficient (Wildman–Crippen LogP) is 7.10. The van der Waals surface area contributed by atoms with E-state index >= 15 is 0 Å². The van der Waals surface area contributed by atoms with Gasteiger partial charge in [-0.05, 0) is 42.8 Å². The van der Waals surface area contributed by atoms with Gasteiger partial charge in [-0.15, -0.1) is 11.3 Å². The van der Waals surface area contributed by atoms with Gasteiger partial charge in [-0.3, -0.25) is 4.79 Å². The third-order valence-electron chi connectivity index (χ3n) is 5.31. The van der Waals surface area contributed by atoms with Crippen LogP contribution in [0.25, 0.3) is 21.8 Å². The summed E-state index contributed by atoms with van der Waals surface area (Å²) in [5.74, 6) is 0.559. The molecule has 4 aromatic rings. The van der Waals surface area contributed by atoms with Gasteiger partial charge in [0.05, 0.1) is 28.0 Å². The Labute approximate surface area is 200 Å². The topological polar surface area (TPSA) is 42.4 Å². The maximum atomic E-state index is 13.0. The highest BCUT2D eigenvalue weighted by Crippen LogP contribution is 2.39. The third-order valence-corrected chi connectivity index (χ3v) is 6.94. The Morgan fingerprint density at radius 1 is 1.00 bits per heavy atom. The van der Waals surface area contributed by atoms with E-state index in [2.05, 4.69) is 0 Å². The number of halogens is 2. The van der Waals surface area contributed by atoms with Crippen molar-refractivity contribution in [2.45, 2.75) is 19.6 Å². The lowest BCUT2D eigenvalue weighted by Gasteiger charge is -2.33. The molecule has 2 heterocycles. The summed E-state index contributed by atoms with van der Waals surface area (Å²) in [6.45, 7) is 2.12. The summed E-state index contributed by atoms with van der Waals surface area (Å²) in [5, 5.41) is 3.92. The molecule has 0 saturated carbocycles. The predicted molar refractivity (Wildman–Crippen MR) is 131 cm³/mol. The fourth-order valence-corrected chi connectivity index (χ4v) is 4.83. The summed E-state index contributed by atoms with van der Waals surface area (Å²) in [6.07, 6.45) is -0.569. The molecule has 0 bridgehead atoms. The number of amides is 1. The molecule has 1 aromatic heterocycles. The van der Waals surface area contributed by atoms with E-state index in [1.54, 1.807) is 35.3 Å². The van der Waals surface area contributed by atoms with E-state index < -0.39 is 6.10 Å². The van der Waals surface area contributed by atoms with Crippen molar-refractivity contribution in [3.05, 3.63) is 87.7 Å². The summed E-state index contributed by atoms with van der Waals surface area (Å²) >= 11 is 13.8. The summed E-state index contributed by atoms with van der Waals surface area (Å²) in [6, 6.07) is 21.3. The minimum Gasteiger partial charge on any atom is -0.479 e. The van der Waals surface area contributed by atoms with E-state index in [0.717, 1.165) is 27.4 Å². The normalized spacial score (nSPS) is 15.4. The first-order chi connectivity index (χ1) is 15.5. The number of benzene rings is 3. The molecular formula is C25H18Cl2N2O2S. The van der Waals surface area contributed by atoms with Crippen molar-refractivity contribution >= 4 is 46.1 Å². The van der Waals surface area contributed by atoms with Crippen LogP contribution in [-0.2, 0) is 11.3 Å². The first kappa shape index (κ1) is 21.0. The molecule has 3 aromatic carbocycles. The first-order valence-corrected chi connectivity index (χ1v) is 11.7. The number of aromatic nitrogens is 1. The molecular weight excluding hydrogens is 463 g/mol. The van der Waals surface area contributed by atoms with Gasteiger partial charge < -0.3 is 9.64 Å². The molecule has 1 amide bonds. The van der Waals surface area contributed by atoms with E-state index in [1.807, 2.05) is 60.0 Å². The standard InChI is InChI=1S/C25H18Cl2N2O2S/c1-15-25(30)29(13-16-7-9-19(26)20(27)11-16)22-12-18(8-10-23(22)31-15)21-14-32-24(28-21)17-5-3-2-4-6-17/h2-12,14-15H,13H2,1H3. The number of hydrogen-bond donors (Lipinski definition) is 0. The van der Waals surface area contributed by atoms with Crippen molar-refractivity contribution in [1.82, 2.24) is 4.98 Å². The van der Waals surface area contributed by atoms with Crippen LogP contribution < -0.4 is 9.64 Å². The third kappa shape index (κ3) is 3.99. The molecule has 160 valence electrons. The number of rotatable bonds is 4. The summed E-state index contributed by atoms with van der Waals surface area (Å²) < 4.78 is 5.86. The fraction of sp³-hybridized carbons (Fsp3) is 0.120. The van der Waals surface area contributed by atoms with Gasteiger partial charge in [0, 0.05) is 16.5 Å².